The van der Waals surface area contributed by atoms with Crippen molar-refractivity contribution in [3.63, 3.8) is 0 Å². The van der Waals surface area contributed by atoms with E-state index in [0.29, 0.717) is 18.2 Å². The van der Waals surface area contributed by atoms with Crippen molar-refractivity contribution in [2.24, 2.45) is 0 Å². The van der Waals surface area contributed by atoms with Crippen LogP contribution in [-0.4, -0.2) is 35.7 Å². The fraction of sp³-hybridized carbons (Fsp3) is 0.667. The summed E-state index contributed by atoms with van der Waals surface area (Å²) in [6, 6.07) is 1.81. The molecule has 0 saturated carbocycles. The summed E-state index contributed by atoms with van der Waals surface area (Å²) >= 11 is 0. The van der Waals surface area contributed by atoms with Gasteiger partial charge in [-0.15, -0.1) is 0 Å². The number of hydrogen-bond donors (Lipinski definition) is 3. The van der Waals surface area contributed by atoms with Crippen LogP contribution in [0.3, 0.4) is 0 Å². The molecule has 1 rings (SSSR count). The highest BCUT2D eigenvalue weighted by atomic mass is 16.1. The maximum atomic E-state index is 11.7. The van der Waals surface area contributed by atoms with Gasteiger partial charge in [-0.2, -0.15) is 5.10 Å². The van der Waals surface area contributed by atoms with Gasteiger partial charge in [0.15, 0.2) is 0 Å². The van der Waals surface area contributed by atoms with E-state index in [4.69, 9.17) is 0 Å². The Hall–Kier alpha value is -1.36. The van der Waals surface area contributed by atoms with Crippen molar-refractivity contribution < 1.29 is 4.79 Å². The average Bonchev–Trinajstić information content (AvgIpc) is 2.78. The Kier molecular flexibility index (Phi) is 5.69. The first-order chi connectivity index (χ1) is 8.15. The summed E-state index contributed by atoms with van der Waals surface area (Å²) in [4.78, 5) is 11.7. The van der Waals surface area contributed by atoms with Gasteiger partial charge < -0.3 is 10.6 Å². The average molecular weight is 238 g/mol. The van der Waals surface area contributed by atoms with E-state index in [1.54, 1.807) is 6.07 Å². The predicted octanol–water partition coefficient (Wildman–Crippen LogP) is 1.26. The zero-order valence-corrected chi connectivity index (χ0v) is 10.8. The summed E-state index contributed by atoms with van der Waals surface area (Å²) in [5.41, 5.74) is 1.45. The Morgan fingerprint density at radius 3 is 2.76 bits per heavy atom. The van der Waals surface area contributed by atoms with Crippen LogP contribution in [0.2, 0.25) is 0 Å². The molecule has 0 atom stereocenters. The third-order valence-electron chi connectivity index (χ3n) is 2.47. The van der Waals surface area contributed by atoms with Crippen molar-refractivity contribution in [2.75, 3.05) is 19.6 Å². The second-order valence-electron chi connectivity index (χ2n) is 4.37. The molecule has 0 fully saturated rings. The van der Waals surface area contributed by atoms with Crippen molar-refractivity contribution in [1.29, 1.82) is 0 Å². The van der Waals surface area contributed by atoms with E-state index < -0.39 is 0 Å². The molecule has 1 aromatic rings. The van der Waals surface area contributed by atoms with Gasteiger partial charge in [0.2, 0.25) is 0 Å². The summed E-state index contributed by atoms with van der Waals surface area (Å²) in [5.74, 6) is 0.238. The fourth-order valence-corrected chi connectivity index (χ4v) is 1.41. The summed E-state index contributed by atoms with van der Waals surface area (Å²) in [6.07, 6.45) is 1.10. The Morgan fingerprint density at radius 1 is 1.41 bits per heavy atom. The summed E-state index contributed by atoms with van der Waals surface area (Å²) in [6.45, 7) is 8.63. The highest BCUT2D eigenvalue weighted by Crippen LogP contribution is 2.11. The minimum absolute atomic E-state index is 0.119. The number of amides is 1. The van der Waals surface area contributed by atoms with E-state index in [0.717, 1.165) is 25.2 Å². The molecule has 0 bridgehead atoms. The van der Waals surface area contributed by atoms with Crippen LogP contribution < -0.4 is 10.6 Å². The van der Waals surface area contributed by atoms with Crippen LogP contribution in [0.5, 0.6) is 0 Å². The molecule has 0 aromatic carbocycles. The largest absolute Gasteiger partial charge is 0.349 e. The van der Waals surface area contributed by atoms with Crippen LogP contribution in [0, 0.1) is 0 Å². The minimum Gasteiger partial charge on any atom is -0.349 e. The van der Waals surface area contributed by atoms with Crippen LogP contribution in [0.1, 0.15) is 49.3 Å². The van der Waals surface area contributed by atoms with Crippen LogP contribution >= 0.6 is 0 Å². The molecule has 0 unspecified atom stereocenters. The normalized spacial score (nSPS) is 10.8. The van der Waals surface area contributed by atoms with Crippen molar-refractivity contribution in [3.8, 4) is 0 Å². The summed E-state index contributed by atoms with van der Waals surface area (Å²) < 4.78 is 0. The van der Waals surface area contributed by atoms with E-state index in [-0.39, 0.29) is 5.91 Å². The number of rotatable bonds is 7. The van der Waals surface area contributed by atoms with Crippen molar-refractivity contribution in [3.05, 3.63) is 17.5 Å². The SMILES string of the molecule is CCCNCCNC(=O)c1cc(C(C)C)[nH]n1. The molecule has 0 saturated heterocycles. The van der Waals surface area contributed by atoms with Crippen LogP contribution in [-0.2, 0) is 0 Å². The maximum Gasteiger partial charge on any atom is 0.271 e. The van der Waals surface area contributed by atoms with Crippen molar-refractivity contribution in [2.45, 2.75) is 33.1 Å². The number of nitrogens with zero attached hydrogens (tertiary/aromatic N) is 1. The molecule has 0 spiro atoms. The molecule has 1 heterocycles. The third kappa shape index (κ3) is 4.56. The minimum atomic E-state index is -0.119. The molecule has 5 heteroatoms. The van der Waals surface area contributed by atoms with Crippen LogP contribution in [0.15, 0.2) is 6.07 Å². The quantitative estimate of drug-likeness (QED) is 0.626. The summed E-state index contributed by atoms with van der Waals surface area (Å²) in [7, 11) is 0. The van der Waals surface area contributed by atoms with E-state index in [1.807, 2.05) is 0 Å². The van der Waals surface area contributed by atoms with Gasteiger partial charge in [0.1, 0.15) is 5.69 Å². The summed E-state index contributed by atoms with van der Waals surface area (Å²) in [5, 5.41) is 12.9. The molecular weight excluding hydrogens is 216 g/mol. The lowest BCUT2D eigenvalue weighted by atomic mass is 10.1. The smallest absolute Gasteiger partial charge is 0.271 e. The maximum absolute atomic E-state index is 11.7. The molecule has 0 aliphatic carbocycles. The first-order valence-corrected chi connectivity index (χ1v) is 6.19. The van der Waals surface area contributed by atoms with E-state index in [1.165, 1.54) is 0 Å². The fourth-order valence-electron chi connectivity index (χ4n) is 1.41. The van der Waals surface area contributed by atoms with E-state index in [2.05, 4.69) is 41.6 Å². The third-order valence-corrected chi connectivity index (χ3v) is 2.47. The predicted molar refractivity (Wildman–Crippen MR) is 68.2 cm³/mol. The molecule has 0 aliphatic heterocycles. The zero-order chi connectivity index (χ0) is 12.7. The second kappa shape index (κ2) is 7.06. The number of nitrogens with one attached hydrogen (secondary N) is 3. The molecule has 96 valence electrons. The standard InChI is InChI=1S/C12H22N4O/c1-4-5-13-6-7-14-12(17)11-8-10(9(2)3)15-16-11/h8-9,13H,4-7H2,1-3H3,(H,14,17)(H,15,16). The molecular formula is C12H22N4O. The van der Waals surface area contributed by atoms with Gasteiger partial charge in [-0.3, -0.25) is 9.89 Å². The van der Waals surface area contributed by atoms with Gasteiger partial charge >= 0.3 is 0 Å². The highest BCUT2D eigenvalue weighted by molar-refractivity contribution is 5.92. The topological polar surface area (TPSA) is 69.8 Å². The number of H-pyrrole nitrogens is 1. The number of aromatic amines is 1. The number of carbonyl (C=O) groups is 1. The van der Waals surface area contributed by atoms with Gasteiger partial charge in [-0.05, 0) is 24.9 Å². The molecule has 3 N–H and O–H groups in total. The Morgan fingerprint density at radius 2 is 2.18 bits per heavy atom. The molecule has 0 aliphatic rings. The molecule has 5 nitrogen and oxygen atoms in total. The van der Waals surface area contributed by atoms with Crippen LogP contribution in [0.25, 0.3) is 0 Å². The molecule has 17 heavy (non-hydrogen) atoms. The van der Waals surface area contributed by atoms with E-state index >= 15 is 0 Å². The van der Waals surface area contributed by atoms with Crippen molar-refractivity contribution in [1.82, 2.24) is 20.8 Å². The highest BCUT2D eigenvalue weighted by Gasteiger charge is 2.10. The Labute approximate surface area is 102 Å². The monoisotopic (exact) mass is 238 g/mol. The van der Waals surface area contributed by atoms with Gasteiger partial charge in [-0.25, -0.2) is 0 Å². The Bertz CT molecular complexity index is 346. The van der Waals surface area contributed by atoms with Gasteiger partial charge in [0.05, 0.1) is 0 Å². The van der Waals surface area contributed by atoms with Crippen LogP contribution in [0.4, 0.5) is 0 Å². The number of carbonyl (C=O) groups excluding carboxylic acids is 1. The lowest BCUT2D eigenvalue weighted by molar-refractivity contribution is 0.0949. The lowest BCUT2D eigenvalue weighted by Crippen LogP contribution is -2.32. The Balaban J connectivity index is 2.31. The van der Waals surface area contributed by atoms with Crippen molar-refractivity contribution >= 4 is 5.91 Å². The first kappa shape index (κ1) is 13.7. The second-order valence-corrected chi connectivity index (χ2v) is 4.37. The number of hydrogen-bond acceptors (Lipinski definition) is 3. The van der Waals surface area contributed by atoms with Gasteiger partial charge in [0.25, 0.3) is 5.91 Å². The molecule has 1 amide bonds. The lowest BCUT2D eigenvalue weighted by Gasteiger charge is -2.03. The van der Waals surface area contributed by atoms with Gasteiger partial charge in [-0.1, -0.05) is 20.8 Å². The zero-order valence-electron chi connectivity index (χ0n) is 10.8. The first-order valence-electron chi connectivity index (χ1n) is 6.19. The number of aromatic nitrogens is 2. The molecule has 0 radical (unpaired) electrons. The van der Waals surface area contributed by atoms with Gasteiger partial charge in [0, 0.05) is 18.8 Å². The molecule has 1 aromatic heterocycles. The van der Waals surface area contributed by atoms with E-state index in [9.17, 15) is 4.79 Å².